The minimum absolute atomic E-state index is 0.595. The minimum Gasteiger partial charge on any atom is -0.300 e. The molecular weight excluding hydrogens is 463 g/mol. The van der Waals surface area contributed by atoms with Gasteiger partial charge in [0.05, 0.1) is 27.2 Å². The lowest BCUT2D eigenvalue weighted by Gasteiger charge is -2.31. The van der Waals surface area contributed by atoms with Crippen molar-refractivity contribution in [1.82, 2.24) is 4.98 Å². The van der Waals surface area contributed by atoms with Crippen molar-refractivity contribution in [3.8, 4) is 6.07 Å². The molecule has 0 spiro atoms. The van der Waals surface area contributed by atoms with Crippen LogP contribution in [0.3, 0.4) is 0 Å². The largest absolute Gasteiger partial charge is 0.300 e. The SMILES string of the molecule is Cc1ccc2nc(/C(C#N)=C/c3ccc(N4c5ccccc5Sc5ccccc54)s3)sc2c1. The van der Waals surface area contributed by atoms with Crippen LogP contribution in [0.15, 0.2) is 88.7 Å². The third-order valence-corrected chi connectivity index (χ3v) is 8.65. The highest BCUT2D eigenvalue weighted by Gasteiger charge is 2.25. The molecule has 0 radical (unpaired) electrons. The molecule has 0 N–H and O–H groups in total. The Morgan fingerprint density at radius 1 is 0.909 bits per heavy atom. The molecule has 0 fully saturated rings. The Hall–Kier alpha value is -3.37. The molecule has 0 unspecified atom stereocenters. The molecule has 1 aliphatic heterocycles. The maximum atomic E-state index is 9.88. The van der Waals surface area contributed by atoms with Gasteiger partial charge in [0.25, 0.3) is 0 Å². The van der Waals surface area contributed by atoms with Crippen molar-refractivity contribution in [3.63, 3.8) is 0 Å². The van der Waals surface area contributed by atoms with Crippen LogP contribution in [0.25, 0.3) is 21.9 Å². The first-order valence-electron chi connectivity index (χ1n) is 10.4. The summed E-state index contributed by atoms with van der Waals surface area (Å²) in [5, 5.41) is 11.8. The van der Waals surface area contributed by atoms with Gasteiger partial charge in [-0.3, -0.25) is 4.90 Å². The number of para-hydroxylation sites is 2. The lowest BCUT2D eigenvalue weighted by molar-refractivity contribution is 1.18. The zero-order valence-electron chi connectivity index (χ0n) is 17.6. The molecule has 3 heterocycles. The number of thiophene rings is 1. The highest BCUT2D eigenvalue weighted by atomic mass is 32.2. The number of benzene rings is 3. The summed E-state index contributed by atoms with van der Waals surface area (Å²) >= 11 is 5.05. The van der Waals surface area contributed by atoms with E-state index in [-0.39, 0.29) is 0 Å². The molecule has 33 heavy (non-hydrogen) atoms. The van der Waals surface area contributed by atoms with Gasteiger partial charge in [0.1, 0.15) is 16.1 Å². The van der Waals surface area contributed by atoms with E-state index in [2.05, 4.69) is 90.7 Å². The molecule has 0 bridgehead atoms. The number of thiazole rings is 1. The Labute approximate surface area is 204 Å². The van der Waals surface area contributed by atoms with Crippen molar-refractivity contribution >= 4 is 72.7 Å². The molecule has 1 aliphatic rings. The van der Waals surface area contributed by atoms with Crippen molar-refractivity contribution in [2.75, 3.05) is 4.90 Å². The van der Waals surface area contributed by atoms with E-state index < -0.39 is 0 Å². The molecule has 5 aromatic rings. The number of hydrogen-bond acceptors (Lipinski definition) is 6. The van der Waals surface area contributed by atoms with E-state index in [1.807, 2.05) is 12.1 Å². The predicted octanol–water partition coefficient (Wildman–Crippen LogP) is 8.66. The monoisotopic (exact) mass is 479 g/mol. The standard InChI is InChI=1S/C27H17N3S3/c1-17-10-12-20-25(14-17)33-27(29-20)18(16-28)15-19-11-13-26(31-19)30-21-6-2-4-8-23(21)32-24-9-5-3-7-22(24)30/h2-15H,1H3/b18-15+. The normalized spacial score (nSPS) is 13.0. The number of rotatable bonds is 3. The van der Waals surface area contributed by atoms with Crippen molar-refractivity contribution in [2.45, 2.75) is 16.7 Å². The number of aromatic nitrogens is 1. The van der Waals surface area contributed by atoms with E-state index in [1.165, 1.54) is 26.7 Å². The van der Waals surface area contributed by atoms with E-state index >= 15 is 0 Å². The summed E-state index contributed by atoms with van der Waals surface area (Å²) in [6.07, 6.45) is 1.95. The van der Waals surface area contributed by atoms with Crippen LogP contribution in [0.4, 0.5) is 16.4 Å². The second-order valence-corrected chi connectivity index (χ2v) is 10.9. The first-order chi connectivity index (χ1) is 16.2. The molecule has 6 rings (SSSR count). The van der Waals surface area contributed by atoms with Gasteiger partial charge < -0.3 is 0 Å². The van der Waals surface area contributed by atoms with Crippen LogP contribution in [0.5, 0.6) is 0 Å². The third-order valence-electron chi connectivity index (χ3n) is 5.45. The predicted molar refractivity (Wildman–Crippen MR) is 141 cm³/mol. The quantitative estimate of drug-likeness (QED) is 0.238. The van der Waals surface area contributed by atoms with Crippen LogP contribution in [0, 0.1) is 18.3 Å². The van der Waals surface area contributed by atoms with Crippen LogP contribution < -0.4 is 4.90 Å². The Morgan fingerprint density at radius 2 is 1.64 bits per heavy atom. The van der Waals surface area contributed by atoms with E-state index in [0.29, 0.717) is 5.57 Å². The van der Waals surface area contributed by atoms with E-state index in [4.69, 9.17) is 4.98 Å². The van der Waals surface area contributed by atoms with Gasteiger partial charge in [0.2, 0.25) is 0 Å². The number of fused-ring (bicyclic) bond motifs is 3. The minimum atomic E-state index is 0.595. The zero-order valence-corrected chi connectivity index (χ0v) is 20.1. The lowest BCUT2D eigenvalue weighted by Crippen LogP contribution is -2.13. The van der Waals surface area contributed by atoms with Crippen molar-refractivity contribution in [3.05, 3.63) is 94.3 Å². The summed E-state index contributed by atoms with van der Waals surface area (Å²) in [4.78, 5) is 10.5. The average molecular weight is 480 g/mol. The number of nitrogens with zero attached hydrogens (tertiary/aromatic N) is 3. The average Bonchev–Trinajstić information content (AvgIpc) is 3.47. The highest BCUT2D eigenvalue weighted by Crippen LogP contribution is 2.52. The van der Waals surface area contributed by atoms with E-state index in [1.54, 1.807) is 34.4 Å². The summed E-state index contributed by atoms with van der Waals surface area (Å²) < 4.78 is 1.11. The molecule has 0 amide bonds. The van der Waals surface area contributed by atoms with Gasteiger partial charge in [-0.15, -0.1) is 22.7 Å². The van der Waals surface area contributed by atoms with Crippen LogP contribution in [-0.4, -0.2) is 4.98 Å². The van der Waals surface area contributed by atoms with Crippen LogP contribution >= 0.6 is 34.4 Å². The topological polar surface area (TPSA) is 39.9 Å². The molecule has 0 atom stereocenters. The van der Waals surface area contributed by atoms with Gasteiger partial charge in [0.15, 0.2) is 0 Å². The van der Waals surface area contributed by atoms with Crippen molar-refractivity contribution in [2.24, 2.45) is 0 Å². The summed E-state index contributed by atoms with van der Waals surface area (Å²) in [6, 6.07) is 29.8. The van der Waals surface area contributed by atoms with Crippen LogP contribution in [0.1, 0.15) is 15.4 Å². The molecular formula is C27H17N3S3. The number of anilines is 3. The van der Waals surface area contributed by atoms with Crippen LogP contribution in [0.2, 0.25) is 0 Å². The number of aryl methyl sites for hydroxylation is 1. The second-order valence-electron chi connectivity index (χ2n) is 7.71. The summed E-state index contributed by atoms with van der Waals surface area (Å²) in [5.41, 5.74) is 5.09. The fourth-order valence-corrected chi connectivity index (χ4v) is 6.98. The van der Waals surface area contributed by atoms with Gasteiger partial charge >= 0.3 is 0 Å². The third kappa shape index (κ3) is 3.65. The number of hydrogen-bond donors (Lipinski definition) is 0. The van der Waals surface area contributed by atoms with Gasteiger partial charge in [-0.1, -0.05) is 42.1 Å². The molecule has 0 saturated heterocycles. The first-order valence-corrected chi connectivity index (χ1v) is 12.9. The maximum Gasteiger partial charge on any atom is 0.135 e. The summed E-state index contributed by atoms with van der Waals surface area (Å²) in [7, 11) is 0. The number of nitriles is 1. The zero-order chi connectivity index (χ0) is 22.4. The van der Waals surface area contributed by atoms with Crippen molar-refractivity contribution in [1.29, 1.82) is 5.26 Å². The first kappa shape index (κ1) is 20.3. The molecule has 2 aromatic heterocycles. The molecule has 6 heteroatoms. The van der Waals surface area contributed by atoms with Gasteiger partial charge in [-0.2, -0.15) is 5.26 Å². The smallest absolute Gasteiger partial charge is 0.135 e. The molecule has 3 nitrogen and oxygen atoms in total. The molecule has 0 saturated carbocycles. The molecule has 0 aliphatic carbocycles. The fraction of sp³-hybridized carbons (Fsp3) is 0.0370. The Balaban J connectivity index is 1.41. The summed E-state index contributed by atoms with van der Waals surface area (Å²) in [5.74, 6) is 0. The Kier molecular flexibility index (Phi) is 5.03. The number of allylic oxidation sites excluding steroid dienone is 1. The van der Waals surface area contributed by atoms with Gasteiger partial charge in [0, 0.05) is 14.7 Å². The van der Waals surface area contributed by atoms with Gasteiger partial charge in [-0.05, 0) is 67.1 Å². The Bertz CT molecular complexity index is 1540. The fourth-order valence-electron chi connectivity index (χ4n) is 3.91. The molecule has 158 valence electrons. The summed E-state index contributed by atoms with van der Waals surface area (Å²) in [6.45, 7) is 2.07. The second kappa shape index (κ2) is 8.20. The van der Waals surface area contributed by atoms with Gasteiger partial charge in [-0.25, -0.2) is 4.98 Å². The Morgan fingerprint density at radius 3 is 2.36 bits per heavy atom. The molecule has 3 aromatic carbocycles. The van der Waals surface area contributed by atoms with E-state index in [0.717, 1.165) is 25.1 Å². The lowest BCUT2D eigenvalue weighted by atomic mass is 10.2. The highest BCUT2D eigenvalue weighted by molar-refractivity contribution is 7.99. The van der Waals surface area contributed by atoms with Crippen LogP contribution in [-0.2, 0) is 0 Å². The van der Waals surface area contributed by atoms with E-state index in [9.17, 15) is 5.26 Å². The van der Waals surface area contributed by atoms with Crippen molar-refractivity contribution < 1.29 is 0 Å². The maximum absolute atomic E-state index is 9.88.